The summed E-state index contributed by atoms with van der Waals surface area (Å²) in [6, 6.07) is 43.5. The monoisotopic (exact) mass is 827 g/mol. The van der Waals surface area contributed by atoms with Gasteiger partial charge in [0.1, 0.15) is 23.0 Å². The number of rotatable bonds is 18. The quantitative estimate of drug-likeness (QED) is 0.0824. The molecule has 0 atom stereocenters. The summed E-state index contributed by atoms with van der Waals surface area (Å²) in [5, 5.41) is 12.1. The topological polar surface area (TPSA) is 110 Å². The first kappa shape index (κ1) is 41.3. The first-order chi connectivity index (χ1) is 28.7. The molecule has 0 saturated carbocycles. The third kappa shape index (κ3) is 10.4. The third-order valence-corrected chi connectivity index (χ3v) is 11.9. The number of nitrogens with one attached hydrogen (secondary N) is 1. The maximum Gasteiger partial charge on any atom is 0.241 e. The second-order valence-corrected chi connectivity index (χ2v) is 16.3. The number of methoxy groups -OCH3 is 2. The molecule has 302 valence electrons. The van der Waals surface area contributed by atoms with E-state index in [1.165, 1.54) is 0 Å². The third-order valence-electron chi connectivity index (χ3n) is 10.2. The maximum absolute atomic E-state index is 14.3. The second kappa shape index (κ2) is 19.2. The SMILES string of the molecule is COc1ccc(C(c2ccc(OC)cc2)N(CCCOc2ccc(Cl)cc2Cc2ccccc2)CCNS(=O)(=O)c2cc(-c3cccc(O)c3)cc3cnccc23)cc1. The number of ether oxygens (including phenoxy) is 3. The van der Waals surface area contributed by atoms with E-state index < -0.39 is 10.0 Å². The van der Waals surface area contributed by atoms with Gasteiger partial charge in [-0.15, -0.1) is 0 Å². The van der Waals surface area contributed by atoms with E-state index in [0.717, 1.165) is 39.5 Å². The molecule has 0 unspecified atom stereocenters. The summed E-state index contributed by atoms with van der Waals surface area (Å²) in [7, 11) is -0.750. The lowest BCUT2D eigenvalue weighted by molar-refractivity contribution is 0.203. The van der Waals surface area contributed by atoms with E-state index in [4.69, 9.17) is 25.8 Å². The standard InChI is InChI=1S/C48H46ClN3O6S/c1-56-43-17-12-35(13-18-43)48(36-14-19-44(57-2)20-15-36)52(25-7-27-58-46-21-16-41(49)30-39(46)28-34-8-4-3-5-9-34)26-24-51-59(54,55)47-32-38(37-10-6-11-42(53)31-37)29-40-33-50-23-22-45(40)47/h3-6,8-23,29-33,48,51,53H,7,24-28H2,1-2H3. The first-order valence-corrected chi connectivity index (χ1v) is 21.2. The molecule has 0 aliphatic rings. The molecule has 6 aromatic carbocycles. The molecule has 0 fully saturated rings. The van der Waals surface area contributed by atoms with E-state index in [0.29, 0.717) is 59.5 Å². The predicted molar refractivity (Wildman–Crippen MR) is 234 cm³/mol. The van der Waals surface area contributed by atoms with Crippen LogP contribution < -0.4 is 18.9 Å². The van der Waals surface area contributed by atoms with Gasteiger partial charge in [0, 0.05) is 54.2 Å². The number of nitrogens with zero attached hydrogens (tertiary/aromatic N) is 2. The minimum absolute atomic E-state index is 0.0888. The van der Waals surface area contributed by atoms with Gasteiger partial charge in [0.25, 0.3) is 0 Å². The van der Waals surface area contributed by atoms with Crippen LogP contribution in [0.1, 0.15) is 34.7 Å². The Balaban J connectivity index is 1.16. The van der Waals surface area contributed by atoms with Crippen molar-refractivity contribution in [3.8, 4) is 34.1 Å². The Morgan fingerprint density at radius 1 is 0.763 bits per heavy atom. The number of phenolic OH excluding ortho intramolecular Hbond substituents is 1. The zero-order chi connectivity index (χ0) is 41.2. The molecule has 59 heavy (non-hydrogen) atoms. The average molecular weight is 828 g/mol. The van der Waals surface area contributed by atoms with Gasteiger partial charge in [0.05, 0.1) is 31.8 Å². The van der Waals surface area contributed by atoms with Crippen LogP contribution >= 0.6 is 11.6 Å². The number of pyridine rings is 1. The van der Waals surface area contributed by atoms with Crippen molar-refractivity contribution in [3.05, 3.63) is 179 Å². The lowest BCUT2D eigenvalue weighted by Crippen LogP contribution is -2.38. The van der Waals surface area contributed by atoms with Crippen LogP contribution in [0.2, 0.25) is 5.02 Å². The van der Waals surface area contributed by atoms with Gasteiger partial charge >= 0.3 is 0 Å². The van der Waals surface area contributed by atoms with Crippen LogP contribution in [0.15, 0.2) is 157 Å². The van der Waals surface area contributed by atoms with E-state index >= 15 is 0 Å². The number of fused-ring (bicyclic) bond motifs is 1. The Morgan fingerprint density at radius 3 is 2.15 bits per heavy atom. The zero-order valence-corrected chi connectivity index (χ0v) is 34.5. The molecule has 1 aromatic heterocycles. The van der Waals surface area contributed by atoms with E-state index in [-0.39, 0.29) is 23.2 Å². The van der Waals surface area contributed by atoms with Gasteiger partial charge in [0.2, 0.25) is 10.0 Å². The minimum Gasteiger partial charge on any atom is -0.508 e. The van der Waals surface area contributed by atoms with Crippen LogP contribution in [-0.4, -0.2) is 63.9 Å². The molecular formula is C48H46ClN3O6S. The molecule has 2 N–H and O–H groups in total. The number of hydrogen-bond donors (Lipinski definition) is 2. The molecule has 7 aromatic rings. The number of aromatic nitrogens is 1. The number of phenols is 1. The average Bonchev–Trinajstić information content (AvgIpc) is 3.26. The fourth-order valence-electron chi connectivity index (χ4n) is 7.30. The van der Waals surface area contributed by atoms with Crippen LogP contribution in [0.25, 0.3) is 21.9 Å². The highest BCUT2D eigenvalue weighted by Crippen LogP contribution is 2.34. The zero-order valence-electron chi connectivity index (χ0n) is 32.9. The highest BCUT2D eigenvalue weighted by molar-refractivity contribution is 7.89. The largest absolute Gasteiger partial charge is 0.508 e. The number of sulfonamides is 1. The van der Waals surface area contributed by atoms with Gasteiger partial charge in [-0.05, 0) is 113 Å². The van der Waals surface area contributed by atoms with Gasteiger partial charge in [-0.2, -0.15) is 0 Å². The number of hydrogen-bond acceptors (Lipinski definition) is 8. The number of aromatic hydroxyl groups is 1. The Labute approximate surface area is 350 Å². The van der Waals surface area contributed by atoms with Gasteiger partial charge in [-0.25, -0.2) is 13.1 Å². The fraction of sp³-hybridized carbons (Fsp3) is 0.188. The lowest BCUT2D eigenvalue weighted by atomic mass is 9.96. The van der Waals surface area contributed by atoms with Crippen LogP contribution in [0.4, 0.5) is 0 Å². The Bertz CT molecular complexity index is 2540. The summed E-state index contributed by atoms with van der Waals surface area (Å²) in [6.07, 6.45) is 4.56. The summed E-state index contributed by atoms with van der Waals surface area (Å²) < 4.78 is 48.9. The highest BCUT2D eigenvalue weighted by atomic mass is 35.5. The van der Waals surface area contributed by atoms with Crippen LogP contribution in [-0.2, 0) is 16.4 Å². The smallest absolute Gasteiger partial charge is 0.241 e. The van der Waals surface area contributed by atoms with Gasteiger partial charge < -0.3 is 19.3 Å². The molecule has 0 radical (unpaired) electrons. The Kier molecular flexibility index (Phi) is 13.4. The number of halogens is 1. The molecule has 0 saturated heterocycles. The van der Waals surface area contributed by atoms with Crippen LogP contribution in [0.5, 0.6) is 23.0 Å². The second-order valence-electron chi connectivity index (χ2n) is 14.1. The molecular weight excluding hydrogens is 782 g/mol. The van der Waals surface area contributed by atoms with Gasteiger partial charge in [-0.1, -0.05) is 78.3 Å². The molecule has 11 heteroatoms. The Morgan fingerprint density at radius 2 is 1.47 bits per heavy atom. The van der Waals surface area contributed by atoms with Crippen molar-refractivity contribution >= 4 is 32.4 Å². The maximum atomic E-state index is 14.3. The summed E-state index contributed by atoms with van der Waals surface area (Å²) >= 11 is 6.43. The van der Waals surface area contributed by atoms with Crippen LogP contribution in [0.3, 0.4) is 0 Å². The number of benzene rings is 6. The molecule has 7 rings (SSSR count). The first-order valence-electron chi connectivity index (χ1n) is 19.3. The Hall–Kier alpha value is -5.91. The van der Waals surface area contributed by atoms with E-state index in [2.05, 4.69) is 26.7 Å². The van der Waals surface area contributed by atoms with E-state index in [1.807, 2.05) is 97.1 Å². The fourth-order valence-corrected chi connectivity index (χ4v) is 8.77. The molecule has 0 bridgehead atoms. The normalized spacial score (nSPS) is 11.6. The van der Waals surface area contributed by atoms with E-state index in [1.54, 1.807) is 56.9 Å². The molecule has 9 nitrogen and oxygen atoms in total. The summed E-state index contributed by atoms with van der Waals surface area (Å²) in [6.45, 7) is 1.49. The van der Waals surface area contributed by atoms with Gasteiger partial charge in [0.15, 0.2) is 0 Å². The summed E-state index contributed by atoms with van der Waals surface area (Å²) in [5.41, 5.74) is 5.52. The molecule has 0 aliphatic carbocycles. The van der Waals surface area contributed by atoms with Crippen molar-refractivity contribution < 1.29 is 27.7 Å². The van der Waals surface area contributed by atoms with Crippen LogP contribution in [0, 0.1) is 0 Å². The van der Waals surface area contributed by atoms with Crippen molar-refractivity contribution in [1.82, 2.24) is 14.6 Å². The molecule has 0 aliphatic heterocycles. The minimum atomic E-state index is -4.03. The lowest BCUT2D eigenvalue weighted by Gasteiger charge is -2.33. The highest BCUT2D eigenvalue weighted by Gasteiger charge is 2.25. The van der Waals surface area contributed by atoms with E-state index in [9.17, 15) is 13.5 Å². The summed E-state index contributed by atoms with van der Waals surface area (Å²) in [4.78, 5) is 6.65. The molecule has 0 spiro atoms. The van der Waals surface area contributed by atoms with Gasteiger partial charge in [-0.3, -0.25) is 9.88 Å². The molecule has 1 heterocycles. The van der Waals surface area contributed by atoms with Crippen molar-refractivity contribution in [2.45, 2.75) is 23.8 Å². The molecule has 0 amide bonds. The van der Waals surface area contributed by atoms with Crippen molar-refractivity contribution in [2.75, 3.05) is 40.5 Å². The van der Waals surface area contributed by atoms with Crippen molar-refractivity contribution in [2.24, 2.45) is 0 Å². The predicted octanol–water partition coefficient (Wildman–Crippen LogP) is 9.71. The van der Waals surface area contributed by atoms with Crippen molar-refractivity contribution in [3.63, 3.8) is 0 Å². The summed E-state index contributed by atoms with van der Waals surface area (Å²) in [5.74, 6) is 2.33. The van der Waals surface area contributed by atoms with Crippen molar-refractivity contribution in [1.29, 1.82) is 0 Å².